The molecule has 14 heteroatoms. The fraction of sp³-hybridized carbons (Fsp3) is 0.310. The van der Waals surface area contributed by atoms with Crippen LogP contribution in [0.2, 0.25) is 0 Å². The van der Waals surface area contributed by atoms with Crippen molar-refractivity contribution in [3.05, 3.63) is 89.5 Å². The van der Waals surface area contributed by atoms with Crippen LogP contribution in [-0.4, -0.2) is 87.8 Å². The van der Waals surface area contributed by atoms with Gasteiger partial charge in [-0.15, -0.1) is 0 Å². The van der Waals surface area contributed by atoms with Crippen molar-refractivity contribution in [3.63, 3.8) is 0 Å². The molecule has 1 atom stereocenters. The smallest absolute Gasteiger partial charge is 0.416 e. The molecule has 4 N–H and O–H groups in total. The normalized spacial score (nSPS) is 14.7. The van der Waals surface area contributed by atoms with Crippen molar-refractivity contribution in [3.8, 4) is 5.75 Å². The minimum absolute atomic E-state index is 0.250. The molecule has 0 radical (unpaired) electrons. The van der Waals surface area contributed by atoms with Crippen LogP contribution in [0.1, 0.15) is 29.2 Å². The molecule has 2 aromatic carbocycles. The predicted octanol–water partition coefficient (Wildman–Crippen LogP) is 4.02. The first-order chi connectivity index (χ1) is 20.1. The molecular formula is C29H33F3N2O9. The molecule has 1 heterocycles. The number of halogens is 3. The number of ether oxygens (including phenoxy) is 1. The fourth-order valence-electron chi connectivity index (χ4n) is 3.71. The van der Waals surface area contributed by atoms with Crippen LogP contribution >= 0.6 is 0 Å². The number of benzene rings is 2. The highest BCUT2D eigenvalue weighted by molar-refractivity contribution is 5.90. The molecule has 1 aliphatic heterocycles. The number of carbonyl (C=O) groups is 4. The van der Waals surface area contributed by atoms with Gasteiger partial charge in [0.1, 0.15) is 11.9 Å². The van der Waals surface area contributed by atoms with Gasteiger partial charge in [-0.05, 0) is 62.9 Å². The van der Waals surface area contributed by atoms with Gasteiger partial charge in [-0.3, -0.25) is 4.90 Å². The lowest BCUT2D eigenvalue weighted by atomic mass is 9.97. The lowest BCUT2D eigenvalue weighted by Crippen LogP contribution is -2.37. The van der Waals surface area contributed by atoms with Gasteiger partial charge in [0.25, 0.3) is 0 Å². The minimum Gasteiger partial charge on any atom is -0.484 e. The summed E-state index contributed by atoms with van der Waals surface area (Å²) in [7, 11) is 4.09. The lowest BCUT2D eigenvalue weighted by molar-refractivity contribution is -0.138. The van der Waals surface area contributed by atoms with E-state index in [0.717, 1.165) is 43.8 Å². The molecule has 234 valence electrons. The molecule has 3 rings (SSSR count). The van der Waals surface area contributed by atoms with Crippen LogP contribution < -0.4 is 4.74 Å². The Morgan fingerprint density at radius 1 is 0.884 bits per heavy atom. The van der Waals surface area contributed by atoms with Crippen LogP contribution in [0, 0.1) is 0 Å². The number of hydrogen-bond donors (Lipinski definition) is 4. The lowest BCUT2D eigenvalue weighted by Gasteiger charge is -2.35. The molecule has 0 spiro atoms. The van der Waals surface area contributed by atoms with Crippen LogP contribution in [0.4, 0.5) is 13.2 Å². The van der Waals surface area contributed by atoms with E-state index in [4.69, 9.17) is 25.2 Å². The Labute approximate surface area is 245 Å². The summed E-state index contributed by atoms with van der Waals surface area (Å²) in [5.41, 5.74) is 1.54. The van der Waals surface area contributed by atoms with E-state index < -0.39 is 35.6 Å². The van der Waals surface area contributed by atoms with E-state index in [2.05, 4.69) is 15.9 Å². The molecule has 1 aliphatic rings. The summed E-state index contributed by atoms with van der Waals surface area (Å²) in [5, 5.41) is 31.2. The average molecular weight is 611 g/mol. The summed E-state index contributed by atoms with van der Waals surface area (Å²) in [5.74, 6) is -4.78. The summed E-state index contributed by atoms with van der Waals surface area (Å²) >= 11 is 0. The SMILES string of the molecule is CN(C)CCCN1Cc2ccccc2C(Oc2cccc(C(F)(F)F)c2)C1.O=C(O)/C=C\C(=O)O.O=C(O)/C=C\C(=O)O. The Kier molecular flexibility index (Phi) is 15.2. The van der Waals surface area contributed by atoms with Gasteiger partial charge in [-0.1, -0.05) is 30.3 Å². The van der Waals surface area contributed by atoms with Crippen LogP contribution in [-0.2, 0) is 31.9 Å². The first-order valence-electron chi connectivity index (χ1n) is 12.6. The number of fused-ring (bicyclic) bond motifs is 1. The number of alkyl halides is 3. The van der Waals surface area contributed by atoms with Gasteiger partial charge < -0.3 is 30.1 Å². The first-order valence-corrected chi connectivity index (χ1v) is 12.6. The Hall–Kier alpha value is -4.69. The highest BCUT2D eigenvalue weighted by Gasteiger charge is 2.31. The Morgan fingerprint density at radius 2 is 1.42 bits per heavy atom. The second-order valence-electron chi connectivity index (χ2n) is 9.24. The Bertz CT molecular complexity index is 1230. The minimum atomic E-state index is -4.37. The average Bonchev–Trinajstić information content (AvgIpc) is 2.91. The van der Waals surface area contributed by atoms with Crippen molar-refractivity contribution in [2.45, 2.75) is 25.2 Å². The van der Waals surface area contributed by atoms with Gasteiger partial charge in [0.2, 0.25) is 0 Å². The molecule has 2 aromatic rings. The summed E-state index contributed by atoms with van der Waals surface area (Å²) in [6.45, 7) is 3.43. The zero-order chi connectivity index (χ0) is 32.6. The van der Waals surface area contributed by atoms with Crippen molar-refractivity contribution in [2.24, 2.45) is 0 Å². The monoisotopic (exact) mass is 610 g/mol. The highest BCUT2D eigenvalue weighted by Crippen LogP contribution is 2.34. The summed E-state index contributed by atoms with van der Waals surface area (Å²) in [6, 6.07) is 13.1. The van der Waals surface area contributed by atoms with E-state index in [1.807, 2.05) is 32.3 Å². The number of rotatable bonds is 10. The van der Waals surface area contributed by atoms with Crippen LogP contribution in [0.3, 0.4) is 0 Å². The number of carboxylic acids is 4. The molecule has 0 bridgehead atoms. The predicted molar refractivity (Wildman–Crippen MR) is 149 cm³/mol. The first kappa shape index (κ1) is 36.3. The van der Waals surface area contributed by atoms with Gasteiger partial charge in [-0.2, -0.15) is 13.2 Å². The van der Waals surface area contributed by atoms with Crippen molar-refractivity contribution in [2.75, 3.05) is 33.7 Å². The van der Waals surface area contributed by atoms with Crippen LogP contribution in [0.5, 0.6) is 5.75 Å². The molecule has 0 amide bonds. The summed E-state index contributed by atoms with van der Waals surface area (Å²) < 4.78 is 45.0. The highest BCUT2D eigenvalue weighted by atomic mass is 19.4. The number of aliphatic carboxylic acids is 4. The molecule has 0 saturated carbocycles. The molecule has 0 saturated heterocycles. The zero-order valence-corrected chi connectivity index (χ0v) is 23.4. The van der Waals surface area contributed by atoms with E-state index in [1.54, 1.807) is 6.07 Å². The van der Waals surface area contributed by atoms with Crippen molar-refractivity contribution in [1.82, 2.24) is 9.80 Å². The maximum absolute atomic E-state index is 13.0. The van der Waals surface area contributed by atoms with Crippen molar-refractivity contribution < 1.29 is 57.5 Å². The van der Waals surface area contributed by atoms with Gasteiger partial charge in [0.15, 0.2) is 0 Å². The van der Waals surface area contributed by atoms with E-state index in [-0.39, 0.29) is 11.9 Å². The molecule has 43 heavy (non-hydrogen) atoms. The Balaban J connectivity index is 0.000000476. The number of carboxylic acid groups (broad SMARTS) is 4. The third-order valence-corrected chi connectivity index (χ3v) is 5.48. The Morgan fingerprint density at radius 3 is 1.91 bits per heavy atom. The molecule has 0 aliphatic carbocycles. The number of hydrogen-bond acceptors (Lipinski definition) is 7. The number of nitrogens with zero attached hydrogens (tertiary/aromatic N) is 2. The topological polar surface area (TPSA) is 165 Å². The third kappa shape index (κ3) is 15.8. The maximum atomic E-state index is 13.0. The largest absolute Gasteiger partial charge is 0.484 e. The fourth-order valence-corrected chi connectivity index (χ4v) is 3.71. The molecule has 0 fully saturated rings. The standard InChI is InChI=1S/C21H25F3N2O.2C4H4O4/c1-25(2)11-6-12-26-14-16-7-3-4-10-19(16)20(15-26)27-18-9-5-8-17(13-18)21(22,23)24;2*5-3(6)1-2-4(7)8/h3-5,7-10,13,20H,6,11-12,14-15H2,1-2H3;2*1-2H,(H,5,6)(H,7,8)/b;2*2-1-. The van der Waals surface area contributed by atoms with Crippen LogP contribution in [0.15, 0.2) is 72.8 Å². The van der Waals surface area contributed by atoms with Crippen LogP contribution in [0.25, 0.3) is 0 Å². The molecule has 11 nitrogen and oxygen atoms in total. The van der Waals surface area contributed by atoms with Gasteiger partial charge in [0, 0.05) is 37.4 Å². The van der Waals surface area contributed by atoms with Crippen molar-refractivity contribution >= 4 is 23.9 Å². The summed E-state index contributed by atoms with van der Waals surface area (Å²) in [4.78, 5) is 42.7. The zero-order valence-electron chi connectivity index (χ0n) is 23.4. The van der Waals surface area contributed by atoms with E-state index in [0.29, 0.717) is 30.8 Å². The van der Waals surface area contributed by atoms with Crippen molar-refractivity contribution in [1.29, 1.82) is 0 Å². The van der Waals surface area contributed by atoms with E-state index in [1.165, 1.54) is 11.6 Å². The van der Waals surface area contributed by atoms with Gasteiger partial charge in [0.05, 0.1) is 5.56 Å². The maximum Gasteiger partial charge on any atom is 0.416 e. The van der Waals surface area contributed by atoms with E-state index >= 15 is 0 Å². The quantitative estimate of drug-likeness (QED) is 0.287. The second-order valence-corrected chi connectivity index (χ2v) is 9.24. The molecular weight excluding hydrogens is 577 g/mol. The van der Waals surface area contributed by atoms with E-state index in [9.17, 15) is 32.3 Å². The third-order valence-electron chi connectivity index (χ3n) is 5.48. The molecule has 0 aromatic heterocycles. The molecule has 1 unspecified atom stereocenters. The van der Waals surface area contributed by atoms with Gasteiger partial charge >= 0.3 is 30.1 Å². The van der Waals surface area contributed by atoms with Gasteiger partial charge in [-0.25, -0.2) is 19.2 Å². The second kappa shape index (κ2) is 18.0. The summed E-state index contributed by atoms with van der Waals surface area (Å²) in [6.07, 6.45) is -1.39.